The fraction of sp³-hybridized carbons (Fsp3) is 0.489. The molecule has 14 nitrogen and oxygen atoms in total. The van der Waals surface area contributed by atoms with E-state index < -0.39 is 46.8 Å². The monoisotopic (exact) mass is 898 g/mol. The van der Waals surface area contributed by atoms with Gasteiger partial charge in [0.25, 0.3) is 0 Å². The van der Waals surface area contributed by atoms with E-state index in [1.54, 1.807) is 25.1 Å². The van der Waals surface area contributed by atoms with Crippen molar-refractivity contribution < 1.29 is 37.7 Å². The first-order valence-electron chi connectivity index (χ1n) is 21.5. The van der Waals surface area contributed by atoms with E-state index in [0.29, 0.717) is 41.6 Å². The molecule has 1 aliphatic heterocycles. The molecule has 340 valence electrons. The number of methoxy groups -OCH3 is 2. The van der Waals surface area contributed by atoms with Crippen molar-refractivity contribution in [2.75, 3.05) is 44.6 Å². The van der Waals surface area contributed by atoms with Crippen molar-refractivity contribution in [3.8, 4) is 11.5 Å². The molecule has 0 spiro atoms. The summed E-state index contributed by atoms with van der Waals surface area (Å²) in [7, 11) is -1.28. The minimum atomic E-state index is -2.54. The van der Waals surface area contributed by atoms with Gasteiger partial charge in [-0.2, -0.15) is 9.97 Å². The number of anilines is 2. The highest BCUT2D eigenvalue weighted by Crippen LogP contribution is 2.46. The number of aromatic nitrogens is 4. The highest BCUT2D eigenvalue weighted by Gasteiger charge is 2.52. The molecule has 16 heteroatoms. The smallest absolute Gasteiger partial charge is 0.233 e. The van der Waals surface area contributed by atoms with Gasteiger partial charge in [0.2, 0.25) is 11.9 Å². The molecule has 0 radical (unpaired) electrons. The summed E-state index contributed by atoms with van der Waals surface area (Å²) in [5, 5.41) is 18.5. The fourth-order valence-electron chi connectivity index (χ4n) is 7.14. The van der Waals surface area contributed by atoms with E-state index in [1.165, 1.54) is 6.92 Å². The summed E-state index contributed by atoms with van der Waals surface area (Å²) >= 11 is 0. The SMILES string of the molecule is COc1ccc(C(OC[C@H]2O[C@@H](n3cnc4c(NCCO[Si](C)(C)C(C)(C)C)nc(NC(C)=O)nc43)[C@H](O[Si](C)(C)C(C)(C)C)[C@H]2O)(c2ccccc2)c2ccc(OC)cc2)cc1. The lowest BCUT2D eigenvalue weighted by Gasteiger charge is -2.40. The van der Waals surface area contributed by atoms with Gasteiger partial charge in [0.15, 0.2) is 39.8 Å². The minimum Gasteiger partial charge on any atom is -0.497 e. The van der Waals surface area contributed by atoms with Gasteiger partial charge in [0, 0.05) is 13.5 Å². The number of nitrogens with zero attached hydrogens (tertiary/aromatic N) is 4. The first-order chi connectivity index (χ1) is 29.6. The van der Waals surface area contributed by atoms with E-state index in [4.69, 9.17) is 37.8 Å². The van der Waals surface area contributed by atoms with E-state index in [0.717, 1.165) is 16.7 Å². The van der Waals surface area contributed by atoms with Crippen LogP contribution in [-0.4, -0.2) is 99.5 Å². The normalized spacial score (nSPS) is 18.7. The van der Waals surface area contributed by atoms with Crippen LogP contribution in [0.5, 0.6) is 11.5 Å². The Kier molecular flexibility index (Phi) is 14.3. The van der Waals surface area contributed by atoms with Gasteiger partial charge < -0.3 is 38.2 Å². The molecule has 1 saturated heterocycles. The zero-order chi connectivity index (χ0) is 46.0. The van der Waals surface area contributed by atoms with Gasteiger partial charge in [-0.05, 0) is 77.2 Å². The number of carbonyl (C=O) groups is 1. The van der Waals surface area contributed by atoms with Crippen LogP contribution >= 0.6 is 0 Å². The third-order valence-corrected chi connectivity index (χ3v) is 21.8. The molecule has 1 aliphatic rings. The summed E-state index contributed by atoms with van der Waals surface area (Å²) in [6.45, 7) is 24.1. The summed E-state index contributed by atoms with van der Waals surface area (Å²) in [6.07, 6.45) is -2.12. The van der Waals surface area contributed by atoms with Crippen LogP contribution in [0.3, 0.4) is 0 Å². The Morgan fingerprint density at radius 3 is 1.89 bits per heavy atom. The van der Waals surface area contributed by atoms with Gasteiger partial charge in [-0.3, -0.25) is 14.7 Å². The second-order valence-electron chi connectivity index (χ2n) is 19.2. The fourth-order valence-corrected chi connectivity index (χ4v) is 9.47. The summed E-state index contributed by atoms with van der Waals surface area (Å²) < 4.78 is 40.5. The molecule has 0 bridgehead atoms. The lowest BCUT2D eigenvalue weighted by atomic mass is 9.80. The maximum Gasteiger partial charge on any atom is 0.233 e. The van der Waals surface area contributed by atoms with Gasteiger partial charge >= 0.3 is 0 Å². The second kappa shape index (κ2) is 18.8. The van der Waals surface area contributed by atoms with E-state index in [2.05, 4.69) is 83.3 Å². The summed E-state index contributed by atoms with van der Waals surface area (Å²) in [4.78, 5) is 26.6. The number of imidazole rings is 1. The van der Waals surface area contributed by atoms with Crippen LogP contribution in [0.2, 0.25) is 36.3 Å². The van der Waals surface area contributed by atoms with Crippen molar-refractivity contribution in [1.29, 1.82) is 0 Å². The van der Waals surface area contributed by atoms with Gasteiger partial charge in [-0.1, -0.05) is 96.1 Å². The van der Waals surface area contributed by atoms with Crippen LogP contribution in [0.1, 0.15) is 71.4 Å². The molecule has 1 amide bonds. The number of amides is 1. The average molecular weight is 899 g/mol. The number of aliphatic hydroxyl groups is 1. The predicted octanol–water partition coefficient (Wildman–Crippen LogP) is 8.89. The van der Waals surface area contributed by atoms with Crippen molar-refractivity contribution >= 4 is 45.5 Å². The Morgan fingerprint density at radius 1 is 0.810 bits per heavy atom. The molecule has 6 rings (SSSR count). The summed E-state index contributed by atoms with van der Waals surface area (Å²) in [5.74, 6) is 1.60. The Labute approximate surface area is 374 Å². The molecule has 2 aromatic heterocycles. The molecule has 3 N–H and O–H groups in total. The Balaban J connectivity index is 1.41. The highest BCUT2D eigenvalue weighted by atomic mass is 28.4. The summed E-state index contributed by atoms with van der Waals surface area (Å²) in [5.41, 5.74) is 2.25. The van der Waals surface area contributed by atoms with Crippen molar-refractivity contribution in [3.05, 3.63) is 102 Å². The van der Waals surface area contributed by atoms with Crippen LogP contribution in [0.15, 0.2) is 85.2 Å². The standard InChI is InChI=1S/C47H66N6O8Si2/c1-31(54)50-44-51-41(48-27-28-59-62(10,11)45(2,3)4)38-42(52-44)53(30-49-38)43-40(61-63(12,13)46(5,6)7)39(55)37(60-43)29-58-47(32-17-15-14-16-18-32,33-19-23-35(56-8)24-20-33)34-21-25-36(57-9)26-22-34/h14-26,30,37,39-40,43,55H,27-29H2,1-13H3,(H2,48,50,51,52,54)/t37-,39+,40-,43-/m1/s1. The number of rotatable bonds is 17. The van der Waals surface area contributed by atoms with E-state index in [9.17, 15) is 9.90 Å². The molecular formula is C47H66N6O8Si2. The van der Waals surface area contributed by atoms with Gasteiger partial charge in [-0.25, -0.2) is 4.98 Å². The summed E-state index contributed by atoms with van der Waals surface area (Å²) in [6, 6.07) is 25.6. The quantitative estimate of drug-likeness (QED) is 0.0463. The van der Waals surface area contributed by atoms with Crippen LogP contribution in [-0.2, 0) is 28.7 Å². The molecule has 4 atom stereocenters. The number of hydrogen-bond acceptors (Lipinski definition) is 12. The zero-order valence-corrected chi connectivity index (χ0v) is 41.1. The van der Waals surface area contributed by atoms with E-state index in [1.807, 2.05) is 78.9 Å². The van der Waals surface area contributed by atoms with Crippen molar-refractivity contribution in [2.24, 2.45) is 0 Å². The number of nitrogens with one attached hydrogen (secondary N) is 2. The topological polar surface area (TPSA) is 160 Å². The Hall–Kier alpha value is -4.69. The maximum absolute atomic E-state index is 12.5. The number of ether oxygens (including phenoxy) is 4. The van der Waals surface area contributed by atoms with E-state index in [-0.39, 0.29) is 28.5 Å². The predicted molar refractivity (Wildman–Crippen MR) is 252 cm³/mol. The lowest BCUT2D eigenvalue weighted by molar-refractivity contribution is -0.114. The first-order valence-corrected chi connectivity index (χ1v) is 27.3. The van der Waals surface area contributed by atoms with Crippen molar-refractivity contribution in [1.82, 2.24) is 19.5 Å². The molecule has 63 heavy (non-hydrogen) atoms. The number of aliphatic hydroxyl groups excluding tert-OH is 1. The minimum absolute atomic E-state index is 0.0399. The molecule has 0 aliphatic carbocycles. The Bertz CT molecular complexity index is 2260. The molecule has 0 unspecified atom stereocenters. The van der Waals surface area contributed by atoms with Crippen LogP contribution in [0, 0.1) is 0 Å². The van der Waals surface area contributed by atoms with Crippen molar-refractivity contribution in [2.45, 2.75) is 115 Å². The van der Waals surface area contributed by atoms with Gasteiger partial charge in [0.1, 0.15) is 35.4 Å². The number of carbonyl (C=O) groups excluding carboxylic acids is 1. The molecule has 3 heterocycles. The van der Waals surface area contributed by atoms with Crippen LogP contribution in [0.4, 0.5) is 11.8 Å². The molecule has 1 fully saturated rings. The maximum atomic E-state index is 12.5. The molecular weight excluding hydrogens is 833 g/mol. The first kappa shape index (κ1) is 47.8. The highest BCUT2D eigenvalue weighted by molar-refractivity contribution is 6.74. The third-order valence-electron chi connectivity index (χ3n) is 12.8. The number of benzene rings is 3. The number of fused-ring (bicyclic) bond motifs is 1. The zero-order valence-electron chi connectivity index (χ0n) is 39.1. The number of hydrogen-bond donors (Lipinski definition) is 3. The van der Waals surface area contributed by atoms with Gasteiger partial charge in [-0.15, -0.1) is 0 Å². The lowest BCUT2D eigenvalue weighted by Crippen LogP contribution is -2.49. The average Bonchev–Trinajstić information content (AvgIpc) is 3.79. The molecule has 3 aromatic carbocycles. The van der Waals surface area contributed by atoms with Gasteiger partial charge in [0.05, 0.1) is 33.8 Å². The largest absolute Gasteiger partial charge is 0.497 e. The van der Waals surface area contributed by atoms with Crippen LogP contribution < -0.4 is 20.1 Å². The Morgan fingerprint density at radius 2 is 1.37 bits per heavy atom. The molecule has 5 aromatic rings. The third kappa shape index (κ3) is 10.2. The van der Waals surface area contributed by atoms with Crippen molar-refractivity contribution in [3.63, 3.8) is 0 Å². The van der Waals surface area contributed by atoms with E-state index >= 15 is 0 Å². The van der Waals surface area contributed by atoms with Crippen LogP contribution in [0.25, 0.3) is 11.2 Å². The molecule has 0 saturated carbocycles. The second-order valence-corrected chi connectivity index (χ2v) is 28.7.